The zero-order valence-corrected chi connectivity index (χ0v) is 21.6. The first-order chi connectivity index (χ1) is 20.1. The largest absolute Gasteiger partial charge is 0.416 e. The average Bonchev–Trinajstić information content (AvgIpc) is 3.38. The summed E-state index contributed by atoms with van der Waals surface area (Å²) >= 11 is 6.19. The number of carbonyl (C=O) groups is 2. The summed E-state index contributed by atoms with van der Waals surface area (Å²) in [4.78, 5) is 39.2. The molecule has 226 valence electrons. The molecule has 17 heteroatoms. The molecule has 7 nitrogen and oxygen atoms in total. The number of anilines is 1. The minimum atomic E-state index is -5.06. The van der Waals surface area contributed by atoms with E-state index in [1.807, 2.05) is 0 Å². The third-order valence-corrected chi connectivity index (χ3v) is 6.94. The summed E-state index contributed by atoms with van der Waals surface area (Å²) in [7, 11) is 0. The number of imidazole rings is 1. The maximum atomic E-state index is 14.2. The Labute approximate surface area is 238 Å². The molecule has 0 bridgehead atoms. The van der Waals surface area contributed by atoms with E-state index >= 15 is 0 Å². The molecule has 0 saturated carbocycles. The van der Waals surface area contributed by atoms with E-state index in [0.29, 0.717) is 12.1 Å². The molecule has 0 fully saturated rings. The zero-order chi connectivity index (χ0) is 31.5. The molecule has 5 rings (SSSR count). The van der Waals surface area contributed by atoms with Gasteiger partial charge in [0, 0.05) is 27.4 Å². The van der Waals surface area contributed by atoms with Gasteiger partial charge >= 0.3 is 18.4 Å². The van der Waals surface area contributed by atoms with Gasteiger partial charge in [-0.1, -0.05) is 11.6 Å². The van der Waals surface area contributed by atoms with Crippen molar-refractivity contribution < 1.29 is 49.1 Å². The molecule has 3 aromatic carbocycles. The Balaban J connectivity index is 1.81. The average molecular weight is 637 g/mol. The van der Waals surface area contributed by atoms with Crippen LogP contribution < -0.4 is 16.3 Å². The number of aromatic nitrogens is 2. The van der Waals surface area contributed by atoms with E-state index in [1.54, 1.807) is 0 Å². The van der Waals surface area contributed by atoms with Crippen LogP contribution in [-0.4, -0.2) is 27.4 Å². The minimum absolute atomic E-state index is 0.126. The molecule has 0 spiro atoms. The van der Waals surface area contributed by atoms with Crippen LogP contribution in [0.2, 0.25) is 5.02 Å². The fraction of sp³-hybridized carbons (Fsp3) is 0.192. The quantitative estimate of drug-likeness (QED) is 0.237. The summed E-state index contributed by atoms with van der Waals surface area (Å²) in [6.07, 6.45) is -8.31. The van der Waals surface area contributed by atoms with Gasteiger partial charge in [-0.3, -0.25) is 14.2 Å². The maximum Gasteiger partial charge on any atom is 0.416 e. The molecule has 1 atom stereocenters. The second-order valence-corrected chi connectivity index (χ2v) is 9.67. The predicted octanol–water partition coefficient (Wildman–Crippen LogP) is 6.50. The number of fused-ring (bicyclic) bond motifs is 3. The van der Waals surface area contributed by atoms with E-state index in [0.717, 1.165) is 24.3 Å². The Morgan fingerprint density at radius 3 is 2.33 bits per heavy atom. The van der Waals surface area contributed by atoms with Crippen LogP contribution in [0.15, 0.2) is 47.3 Å². The lowest BCUT2D eigenvalue weighted by Gasteiger charge is -2.19. The lowest BCUT2D eigenvalue weighted by molar-refractivity contribution is -0.137. The van der Waals surface area contributed by atoms with Crippen molar-refractivity contribution in [2.24, 2.45) is 0 Å². The van der Waals surface area contributed by atoms with Crippen LogP contribution in [0.5, 0.6) is 0 Å². The van der Waals surface area contributed by atoms with E-state index in [2.05, 4.69) is 10.6 Å². The van der Waals surface area contributed by atoms with Gasteiger partial charge in [0.1, 0.15) is 11.6 Å². The van der Waals surface area contributed by atoms with Crippen molar-refractivity contribution in [2.75, 3.05) is 5.32 Å². The molecule has 1 unspecified atom stereocenters. The number of hydrogen-bond acceptors (Lipinski definition) is 3. The monoisotopic (exact) mass is 636 g/mol. The van der Waals surface area contributed by atoms with Crippen molar-refractivity contribution in [1.29, 1.82) is 0 Å². The van der Waals surface area contributed by atoms with Crippen LogP contribution in [0.25, 0.3) is 11.0 Å². The maximum absolute atomic E-state index is 14.2. The Hall–Kier alpha value is -4.47. The molecule has 1 aliphatic heterocycles. The number of nitrogens with one attached hydrogen (secondary N) is 2. The Bertz CT molecular complexity index is 1870. The lowest BCUT2D eigenvalue weighted by atomic mass is 9.95. The number of hydrogen-bond donors (Lipinski definition) is 2. The van der Waals surface area contributed by atoms with Gasteiger partial charge in [0.05, 0.1) is 34.7 Å². The summed E-state index contributed by atoms with van der Waals surface area (Å²) in [5.41, 5.74) is -7.32. The van der Waals surface area contributed by atoms with Crippen LogP contribution in [0.3, 0.4) is 0 Å². The van der Waals surface area contributed by atoms with Gasteiger partial charge in [0.15, 0.2) is 0 Å². The summed E-state index contributed by atoms with van der Waals surface area (Å²) in [5, 5.41) is 4.35. The Morgan fingerprint density at radius 2 is 1.70 bits per heavy atom. The third kappa shape index (κ3) is 5.30. The first-order valence-electron chi connectivity index (χ1n) is 11.9. The highest BCUT2D eigenvalue weighted by Crippen LogP contribution is 2.43. The highest BCUT2D eigenvalue weighted by molar-refractivity contribution is 6.31. The minimum Gasteiger partial charge on any atom is -0.341 e. The third-order valence-electron chi connectivity index (χ3n) is 6.60. The summed E-state index contributed by atoms with van der Waals surface area (Å²) in [5.74, 6) is -4.86. The molecular weight excluding hydrogens is 623 g/mol. The topological polar surface area (TPSA) is 85.1 Å². The summed E-state index contributed by atoms with van der Waals surface area (Å²) in [6, 6.07) is 3.07. The van der Waals surface area contributed by atoms with Crippen molar-refractivity contribution in [3.8, 4) is 0 Å². The van der Waals surface area contributed by atoms with E-state index in [9.17, 15) is 53.9 Å². The smallest absolute Gasteiger partial charge is 0.341 e. The molecule has 2 heterocycles. The molecule has 2 N–H and O–H groups in total. The first-order valence-corrected chi connectivity index (χ1v) is 12.3. The predicted molar refractivity (Wildman–Crippen MR) is 134 cm³/mol. The second-order valence-electron chi connectivity index (χ2n) is 9.27. The standard InChI is InChI=1S/C26H14ClF9N4O3/c27-14-2-1-11(28)6-13(14)20-18-15(37-22(41)9-3-10(26(34,35)36)5-12(29)4-9)7-16-21(19(18)23(42)38-20)40(24(32)33)25(43)39(16)8-17(30)31/h1-7,17,20,24H,8H2,(H,37,41)(H,38,42). The van der Waals surface area contributed by atoms with E-state index in [1.165, 1.54) is 0 Å². The van der Waals surface area contributed by atoms with Crippen molar-refractivity contribution >= 4 is 40.1 Å². The molecule has 1 aromatic heterocycles. The number of rotatable bonds is 6. The lowest BCUT2D eigenvalue weighted by Crippen LogP contribution is -2.27. The fourth-order valence-corrected chi connectivity index (χ4v) is 5.13. The van der Waals surface area contributed by atoms with Crippen LogP contribution in [-0.2, 0) is 12.7 Å². The Morgan fingerprint density at radius 1 is 1.00 bits per heavy atom. The first kappa shape index (κ1) is 30.0. The van der Waals surface area contributed by atoms with Crippen molar-refractivity contribution in [2.45, 2.75) is 31.7 Å². The van der Waals surface area contributed by atoms with E-state index < -0.39 is 99.9 Å². The van der Waals surface area contributed by atoms with Crippen LogP contribution in [0, 0.1) is 11.6 Å². The van der Waals surface area contributed by atoms with Crippen molar-refractivity contribution in [3.05, 3.63) is 97.4 Å². The molecule has 0 radical (unpaired) electrons. The molecular formula is C26H14ClF9N4O3. The molecule has 0 aliphatic carbocycles. The second kappa shape index (κ2) is 10.7. The van der Waals surface area contributed by atoms with Crippen LogP contribution >= 0.6 is 11.6 Å². The van der Waals surface area contributed by atoms with Gasteiger partial charge < -0.3 is 10.6 Å². The SMILES string of the molecule is O=C(Nc1cc2c(c3c1C(c1cc(F)ccc1Cl)NC3=O)n(C(F)F)c(=O)n2CC(F)F)c1cc(F)cc(C(F)(F)F)c1. The van der Waals surface area contributed by atoms with Gasteiger partial charge in [0.25, 0.3) is 18.2 Å². The Kier molecular flexibility index (Phi) is 7.44. The van der Waals surface area contributed by atoms with Gasteiger partial charge in [-0.15, -0.1) is 0 Å². The number of alkyl halides is 7. The van der Waals surface area contributed by atoms with Crippen LogP contribution in [0.1, 0.15) is 50.0 Å². The fourth-order valence-electron chi connectivity index (χ4n) is 4.90. The normalized spacial score (nSPS) is 15.0. The number of nitrogens with zero attached hydrogens (tertiary/aromatic N) is 2. The number of carbonyl (C=O) groups excluding carboxylic acids is 2. The van der Waals surface area contributed by atoms with Gasteiger partial charge in [-0.25, -0.2) is 26.9 Å². The molecule has 4 aromatic rings. The van der Waals surface area contributed by atoms with Gasteiger partial charge in [0.2, 0.25) is 0 Å². The highest BCUT2D eigenvalue weighted by Gasteiger charge is 2.40. The van der Waals surface area contributed by atoms with E-state index in [4.69, 9.17) is 11.6 Å². The van der Waals surface area contributed by atoms with E-state index in [-0.39, 0.29) is 25.8 Å². The van der Waals surface area contributed by atoms with Crippen molar-refractivity contribution in [3.63, 3.8) is 0 Å². The number of halogens is 10. The van der Waals surface area contributed by atoms with Crippen molar-refractivity contribution in [1.82, 2.24) is 14.5 Å². The molecule has 1 aliphatic rings. The van der Waals surface area contributed by atoms with Crippen LogP contribution in [0.4, 0.5) is 45.2 Å². The molecule has 0 saturated heterocycles. The van der Waals surface area contributed by atoms with Gasteiger partial charge in [-0.05, 0) is 42.5 Å². The molecule has 2 amide bonds. The van der Waals surface area contributed by atoms with Gasteiger partial charge in [-0.2, -0.15) is 22.0 Å². The summed E-state index contributed by atoms with van der Waals surface area (Å²) in [6.45, 7) is -5.06. The highest BCUT2D eigenvalue weighted by atomic mass is 35.5. The summed E-state index contributed by atoms with van der Waals surface area (Å²) < 4.78 is 123. The molecule has 43 heavy (non-hydrogen) atoms. The number of benzene rings is 3. The zero-order valence-electron chi connectivity index (χ0n) is 20.9. The number of amides is 2.